The van der Waals surface area contributed by atoms with E-state index < -0.39 is 12.1 Å². The van der Waals surface area contributed by atoms with Crippen LogP contribution in [0, 0.1) is 0 Å². The smallest absolute Gasteiger partial charge is 0.335 e. The predicted octanol–water partition coefficient (Wildman–Crippen LogP) is -1.78. The Morgan fingerprint density at radius 3 is 2.16 bits per heavy atom. The predicted molar refractivity (Wildman–Crippen MR) is 75.0 cm³/mol. The normalized spacial score (nSPS) is 23.4. The second kappa shape index (κ2) is 10.1. The average Bonchev–Trinajstić information content (AvgIpc) is 2.40. The molecule has 1 aliphatic heterocycles. The highest BCUT2D eigenvalue weighted by Gasteiger charge is 2.20. The number of nitrogens with zero attached hydrogens (tertiary/aromatic N) is 1. The van der Waals surface area contributed by atoms with E-state index in [-0.39, 0.29) is 0 Å². The van der Waals surface area contributed by atoms with E-state index >= 15 is 0 Å². The van der Waals surface area contributed by atoms with Gasteiger partial charge in [-0.25, -0.2) is 4.79 Å². The minimum absolute atomic E-state index is 0.668. The molecule has 0 aromatic heterocycles. The zero-order chi connectivity index (χ0) is 13.9. The summed E-state index contributed by atoms with van der Waals surface area (Å²) >= 11 is 0. The van der Waals surface area contributed by atoms with Crippen molar-refractivity contribution in [2.24, 2.45) is 5.73 Å². The minimum atomic E-state index is -0.957. The van der Waals surface area contributed by atoms with E-state index in [9.17, 15) is 4.79 Å². The Bertz CT molecular complexity index is 238. The van der Waals surface area contributed by atoms with Crippen molar-refractivity contribution in [3.8, 4) is 0 Å². The summed E-state index contributed by atoms with van der Waals surface area (Å²) in [5.74, 6) is -0.957. The molecule has 1 rings (SSSR count). The van der Waals surface area contributed by atoms with Gasteiger partial charge in [0.2, 0.25) is 0 Å². The Labute approximate surface area is 114 Å². The van der Waals surface area contributed by atoms with Crippen molar-refractivity contribution in [2.45, 2.75) is 19.0 Å². The van der Waals surface area contributed by atoms with Crippen LogP contribution in [-0.4, -0.2) is 74.5 Å². The van der Waals surface area contributed by atoms with Gasteiger partial charge in [0.05, 0.1) is 0 Å². The van der Waals surface area contributed by atoms with Crippen LogP contribution in [0.5, 0.6) is 0 Å². The van der Waals surface area contributed by atoms with E-state index in [4.69, 9.17) is 10.8 Å². The van der Waals surface area contributed by atoms with Crippen molar-refractivity contribution >= 4 is 5.97 Å². The molecule has 1 saturated heterocycles. The fourth-order valence-corrected chi connectivity index (χ4v) is 2.06. The minimum Gasteiger partial charge on any atom is -0.479 e. The Balaban J connectivity index is 2.38. The quantitative estimate of drug-likeness (QED) is 0.405. The lowest BCUT2D eigenvalue weighted by Crippen LogP contribution is -2.50. The fourth-order valence-electron chi connectivity index (χ4n) is 2.06. The van der Waals surface area contributed by atoms with Gasteiger partial charge in [-0.2, -0.15) is 0 Å². The molecule has 1 aliphatic rings. The maximum Gasteiger partial charge on any atom is 0.335 e. The third kappa shape index (κ3) is 7.44. The molecule has 112 valence electrons. The molecule has 0 aromatic carbocycles. The molecule has 1 heterocycles. The van der Waals surface area contributed by atoms with Crippen LogP contribution < -0.4 is 21.7 Å². The van der Waals surface area contributed by atoms with Crippen molar-refractivity contribution in [3.63, 3.8) is 0 Å². The highest BCUT2D eigenvalue weighted by molar-refractivity contribution is 5.72. The van der Waals surface area contributed by atoms with Crippen molar-refractivity contribution < 1.29 is 9.90 Å². The largest absolute Gasteiger partial charge is 0.479 e. The summed E-state index contributed by atoms with van der Waals surface area (Å²) in [5, 5.41) is 19.0. The monoisotopic (exact) mass is 273 g/mol. The second-order valence-electron chi connectivity index (χ2n) is 4.78. The summed E-state index contributed by atoms with van der Waals surface area (Å²) in [5.41, 5.74) is 5.70. The molecule has 0 amide bonds. The topological polar surface area (TPSA) is 103 Å². The van der Waals surface area contributed by atoms with Gasteiger partial charge in [-0.3, -0.25) is 4.90 Å². The molecule has 0 bridgehead atoms. The number of hydrogen-bond acceptors (Lipinski definition) is 6. The number of nitrogens with one attached hydrogen (secondary N) is 3. The van der Waals surface area contributed by atoms with Crippen molar-refractivity contribution in [2.75, 3.05) is 52.4 Å². The lowest BCUT2D eigenvalue weighted by molar-refractivity contribution is -0.143. The highest BCUT2D eigenvalue weighted by Crippen LogP contribution is 1.98. The molecule has 7 heteroatoms. The molecule has 0 aliphatic carbocycles. The van der Waals surface area contributed by atoms with Gasteiger partial charge in [0.1, 0.15) is 0 Å². The number of hydrogen-bond donors (Lipinski definition) is 5. The molecular formula is C12H27N5O2. The van der Waals surface area contributed by atoms with E-state index in [0.29, 0.717) is 6.54 Å². The number of carboxylic acid groups (broad SMARTS) is 1. The molecule has 0 radical (unpaired) electrons. The summed E-state index contributed by atoms with van der Waals surface area (Å²) in [7, 11) is 0. The summed E-state index contributed by atoms with van der Waals surface area (Å²) in [6.45, 7) is 6.89. The van der Waals surface area contributed by atoms with Crippen LogP contribution >= 0.6 is 0 Å². The second-order valence-corrected chi connectivity index (χ2v) is 4.78. The van der Waals surface area contributed by atoms with Gasteiger partial charge < -0.3 is 26.8 Å². The van der Waals surface area contributed by atoms with E-state index in [1.165, 1.54) is 0 Å². The zero-order valence-corrected chi connectivity index (χ0v) is 11.5. The molecule has 19 heavy (non-hydrogen) atoms. The van der Waals surface area contributed by atoms with Gasteiger partial charge in [-0.05, 0) is 19.4 Å². The molecule has 6 N–H and O–H groups in total. The molecule has 1 fully saturated rings. The third-order valence-corrected chi connectivity index (χ3v) is 3.23. The number of rotatable bonds is 2. The first-order valence-corrected chi connectivity index (χ1v) is 7.06. The first kappa shape index (κ1) is 16.3. The van der Waals surface area contributed by atoms with Crippen molar-refractivity contribution in [3.05, 3.63) is 0 Å². The summed E-state index contributed by atoms with van der Waals surface area (Å²) in [4.78, 5) is 12.8. The fraction of sp³-hybridized carbons (Fsp3) is 0.917. The summed E-state index contributed by atoms with van der Waals surface area (Å²) in [6, 6.07) is 0. The van der Waals surface area contributed by atoms with Gasteiger partial charge in [0.15, 0.2) is 6.17 Å². The lowest BCUT2D eigenvalue weighted by atomic mass is 10.2. The van der Waals surface area contributed by atoms with E-state index in [0.717, 1.165) is 58.7 Å². The molecular weight excluding hydrogens is 246 g/mol. The molecule has 7 nitrogen and oxygen atoms in total. The molecule has 0 saturated carbocycles. The highest BCUT2D eigenvalue weighted by atomic mass is 16.4. The number of carboxylic acids is 1. The standard InChI is InChI=1S/C12H27N5O2/c13-11(12(18)19)17-9-2-1-3-14-4-5-15-6-7-16-8-10-17/h11,14-16H,1-10,13H2,(H,18,19). The lowest BCUT2D eigenvalue weighted by Gasteiger charge is -2.26. The number of carbonyl (C=O) groups is 1. The van der Waals surface area contributed by atoms with Crippen LogP contribution in [-0.2, 0) is 4.79 Å². The van der Waals surface area contributed by atoms with Crippen molar-refractivity contribution in [1.82, 2.24) is 20.9 Å². The maximum absolute atomic E-state index is 11.0. The van der Waals surface area contributed by atoms with Crippen LogP contribution in [0.4, 0.5) is 0 Å². The summed E-state index contributed by atoms with van der Waals surface area (Å²) in [6.07, 6.45) is 1.10. The Morgan fingerprint density at radius 2 is 1.53 bits per heavy atom. The maximum atomic E-state index is 11.0. The summed E-state index contributed by atoms with van der Waals surface area (Å²) < 4.78 is 0. The van der Waals surface area contributed by atoms with Gasteiger partial charge >= 0.3 is 5.97 Å². The van der Waals surface area contributed by atoms with Crippen LogP contribution in [0.3, 0.4) is 0 Å². The van der Waals surface area contributed by atoms with Gasteiger partial charge in [0, 0.05) is 45.8 Å². The SMILES string of the molecule is NC(C(=O)O)N1CCCCNCCNCCNCC1. The van der Waals surface area contributed by atoms with Crippen LogP contribution in [0.25, 0.3) is 0 Å². The van der Waals surface area contributed by atoms with Crippen LogP contribution in [0.2, 0.25) is 0 Å². The average molecular weight is 273 g/mol. The van der Waals surface area contributed by atoms with E-state index in [2.05, 4.69) is 16.0 Å². The molecule has 0 aromatic rings. The van der Waals surface area contributed by atoms with E-state index in [1.54, 1.807) is 0 Å². The van der Waals surface area contributed by atoms with Gasteiger partial charge in [0.25, 0.3) is 0 Å². The first-order chi connectivity index (χ1) is 9.22. The van der Waals surface area contributed by atoms with Gasteiger partial charge in [-0.1, -0.05) is 0 Å². The molecule has 1 unspecified atom stereocenters. The first-order valence-electron chi connectivity index (χ1n) is 7.06. The zero-order valence-electron chi connectivity index (χ0n) is 11.5. The number of nitrogens with two attached hydrogens (primary N) is 1. The number of aliphatic carboxylic acids is 1. The molecule has 0 spiro atoms. The Kier molecular flexibility index (Phi) is 8.68. The Morgan fingerprint density at radius 1 is 0.947 bits per heavy atom. The van der Waals surface area contributed by atoms with Crippen LogP contribution in [0.1, 0.15) is 12.8 Å². The Hall–Kier alpha value is -0.730. The third-order valence-electron chi connectivity index (χ3n) is 3.23. The molecule has 1 atom stereocenters. The van der Waals surface area contributed by atoms with Gasteiger partial charge in [-0.15, -0.1) is 0 Å². The van der Waals surface area contributed by atoms with Crippen molar-refractivity contribution in [1.29, 1.82) is 0 Å². The van der Waals surface area contributed by atoms with E-state index in [1.807, 2.05) is 4.90 Å². The van der Waals surface area contributed by atoms with Crippen LogP contribution in [0.15, 0.2) is 0 Å².